The highest BCUT2D eigenvalue weighted by Gasteiger charge is 2.35. The van der Waals surface area contributed by atoms with Crippen LogP contribution in [0.4, 0.5) is 4.79 Å². The van der Waals surface area contributed by atoms with Gasteiger partial charge in [0.1, 0.15) is 12.2 Å². The minimum absolute atomic E-state index is 0.192. The molecule has 1 aromatic carbocycles. The van der Waals surface area contributed by atoms with E-state index >= 15 is 0 Å². The van der Waals surface area contributed by atoms with Crippen molar-refractivity contribution in [2.24, 2.45) is 5.92 Å². The van der Waals surface area contributed by atoms with E-state index in [4.69, 9.17) is 4.74 Å². The molecule has 0 radical (unpaired) electrons. The number of benzene rings is 1. The molecule has 0 spiro atoms. The minimum atomic E-state index is -3.31. The van der Waals surface area contributed by atoms with Gasteiger partial charge in [-0.2, -0.15) is 0 Å². The van der Waals surface area contributed by atoms with Crippen LogP contribution >= 0.6 is 0 Å². The molecule has 1 aromatic rings. The standard InChI is InChI=1S/C19H25NO7S/c1-3-27-18(22)12-17(21)14-8-9-20(19(23)24)15(11-14)10-13-4-6-16(7-5-13)28(2,25)26/h4-7,14-15H,3,8-12H2,1-2H3,(H,23,24). The molecule has 1 aliphatic heterocycles. The number of likely N-dealkylation sites (tertiary alicyclic amines) is 1. The SMILES string of the molecule is CCOC(=O)CC(=O)C1CCN(C(=O)O)C(Cc2ccc(S(C)(=O)=O)cc2)C1. The summed E-state index contributed by atoms with van der Waals surface area (Å²) in [5, 5.41) is 9.47. The van der Waals surface area contributed by atoms with Gasteiger partial charge in [0.05, 0.1) is 11.5 Å². The summed E-state index contributed by atoms with van der Waals surface area (Å²) in [6.07, 6.45) is 0.802. The maximum absolute atomic E-state index is 12.4. The third-order valence-corrected chi connectivity index (χ3v) is 5.99. The molecule has 154 valence electrons. The molecule has 28 heavy (non-hydrogen) atoms. The van der Waals surface area contributed by atoms with Crippen molar-refractivity contribution >= 4 is 27.7 Å². The molecule has 1 aliphatic rings. The number of ether oxygens (including phenoxy) is 1. The zero-order chi connectivity index (χ0) is 20.9. The molecule has 2 atom stereocenters. The van der Waals surface area contributed by atoms with Crippen molar-refractivity contribution in [1.82, 2.24) is 4.90 Å². The lowest BCUT2D eigenvalue weighted by molar-refractivity contribution is -0.146. The Labute approximate surface area is 164 Å². The van der Waals surface area contributed by atoms with Gasteiger partial charge in [-0.25, -0.2) is 13.2 Å². The van der Waals surface area contributed by atoms with Gasteiger partial charge < -0.3 is 14.7 Å². The van der Waals surface area contributed by atoms with Crippen molar-refractivity contribution in [2.75, 3.05) is 19.4 Å². The van der Waals surface area contributed by atoms with Crippen LogP contribution in [-0.2, 0) is 30.6 Å². The van der Waals surface area contributed by atoms with Gasteiger partial charge in [-0.3, -0.25) is 9.59 Å². The second-order valence-corrected chi connectivity index (χ2v) is 8.94. The summed E-state index contributed by atoms with van der Waals surface area (Å²) in [6.45, 7) is 2.08. The van der Waals surface area contributed by atoms with Crippen LogP contribution in [0.25, 0.3) is 0 Å². The van der Waals surface area contributed by atoms with Crippen LogP contribution < -0.4 is 0 Å². The molecule has 2 unspecified atom stereocenters. The summed E-state index contributed by atoms with van der Waals surface area (Å²) in [4.78, 5) is 37.0. The minimum Gasteiger partial charge on any atom is -0.466 e. The highest BCUT2D eigenvalue weighted by molar-refractivity contribution is 7.90. The monoisotopic (exact) mass is 411 g/mol. The molecule has 8 nitrogen and oxygen atoms in total. The lowest BCUT2D eigenvalue weighted by Crippen LogP contribution is -2.48. The fraction of sp³-hybridized carbons (Fsp3) is 0.526. The molecule has 1 amide bonds. The van der Waals surface area contributed by atoms with Crippen LogP contribution in [0.15, 0.2) is 29.2 Å². The van der Waals surface area contributed by atoms with Crippen molar-refractivity contribution in [3.05, 3.63) is 29.8 Å². The number of hydrogen-bond donors (Lipinski definition) is 1. The van der Waals surface area contributed by atoms with Crippen LogP contribution in [0, 0.1) is 5.92 Å². The maximum atomic E-state index is 12.4. The topological polar surface area (TPSA) is 118 Å². The number of Topliss-reactive ketones (excluding diaryl/α,β-unsaturated/α-hetero) is 1. The average Bonchev–Trinajstić information content (AvgIpc) is 2.61. The molecule has 0 aliphatic carbocycles. The van der Waals surface area contributed by atoms with Gasteiger partial charge in [-0.05, 0) is 43.9 Å². The number of carboxylic acid groups (broad SMARTS) is 1. The van der Waals surface area contributed by atoms with E-state index in [2.05, 4.69) is 0 Å². The van der Waals surface area contributed by atoms with Crippen LogP contribution in [0.5, 0.6) is 0 Å². The van der Waals surface area contributed by atoms with E-state index < -0.39 is 33.9 Å². The summed E-state index contributed by atoms with van der Waals surface area (Å²) >= 11 is 0. The highest BCUT2D eigenvalue weighted by atomic mass is 32.2. The number of sulfone groups is 1. The number of carbonyl (C=O) groups is 3. The Hall–Kier alpha value is -2.42. The van der Waals surface area contributed by atoms with Crippen LogP contribution in [0.3, 0.4) is 0 Å². The Morgan fingerprint density at radius 3 is 2.39 bits per heavy atom. The number of hydrogen-bond acceptors (Lipinski definition) is 6. The van der Waals surface area contributed by atoms with E-state index in [1.54, 1.807) is 19.1 Å². The third-order valence-electron chi connectivity index (χ3n) is 4.86. The first kappa shape index (κ1) is 21.9. The summed E-state index contributed by atoms with van der Waals surface area (Å²) in [6, 6.07) is 5.86. The first-order chi connectivity index (χ1) is 13.1. The smallest absolute Gasteiger partial charge is 0.407 e. The molecule has 0 saturated carbocycles. The number of rotatable bonds is 7. The van der Waals surface area contributed by atoms with E-state index in [9.17, 15) is 27.9 Å². The van der Waals surface area contributed by atoms with Crippen molar-refractivity contribution in [1.29, 1.82) is 0 Å². The second kappa shape index (κ2) is 9.18. The molecule has 0 bridgehead atoms. The first-order valence-corrected chi connectivity index (χ1v) is 11.0. The van der Waals surface area contributed by atoms with Gasteiger partial charge in [0.25, 0.3) is 0 Å². The van der Waals surface area contributed by atoms with Crippen molar-refractivity contribution < 1.29 is 32.6 Å². The number of ketones is 1. The predicted molar refractivity (Wildman–Crippen MR) is 101 cm³/mol. The van der Waals surface area contributed by atoms with Gasteiger partial charge in [-0.1, -0.05) is 12.1 Å². The lowest BCUT2D eigenvalue weighted by atomic mass is 9.84. The van der Waals surface area contributed by atoms with E-state index in [1.165, 1.54) is 17.0 Å². The van der Waals surface area contributed by atoms with Gasteiger partial charge in [-0.15, -0.1) is 0 Å². The molecule has 1 heterocycles. The summed E-state index contributed by atoms with van der Waals surface area (Å²) < 4.78 is 27.9. The van der Waals surface area contributed by atoms with E-state index in [0.29, 0.717) is 19.3 Å². The van der Waals surface area contributed by atoms with Gasteiger partial charge >= 0.3 is 12.1 Å². The van der Waals surface area contributed by atoms with E-state index in [0.717, 1.165) is 11.8 Å². The Kier molecular flexibility index (Phi) is 7.17. The Bertz CT molecular complexity index is 832. The zero-order valence-corrected chi connectivity index (χ0v) is 16.8. The van der Waals surface area contributed by atoms with Crippen molar-refractivity contribution in [3.8, 4) is 0 Å². The Morgan fingerprint density at radius 2 is 1.86 bits per heavy atom. The van der Waals surface area contributed by atoms with Gasteiger partial charge in [0, 0.05) is 24.8 Å². The number of carbonyl (C=O) groups excluding carboxylic acids is 2. The molecule has 1 N–H and O–H groups in total. The summed E-state index contributed by atoms with van der Waals surface area (Å²) in [7, 11) is -3.31. The fourth-order valence-electron chi connectivity index (χ4n) is 3.43. The maximum Gasteiger partial charge on any atom is 0.407 e. The number of piperidine rings is 1. The molecule has 1 fully saturated rings. The van der Waals surface area contributed by atoms with Crippen LogP contribution in [0.2, 0.25) is 0 Å². The fourth-order valence-corrected chi connectivity index (χ4v) is 4.06. The van der Waals surface area contributed by atoms with Gasteiger partial charge in [0.2, 0.25) is 0 Å². The molecular weight excluding hydrogens is 386 g/mol. The summed E-state index contributed by atoms with van der Waals surface area (Å²) in [5.41, 5.74) is 0.780. The molecular formula is C19H25NO7S. The zero-order valence-electron chi connectivity index (χ0n) is 16.0. The number of nitrogens with zero attached hydrogens (tertiary/aromatic N) is 1. The number of amides is 1. The van der Waals surface area contributed by atoms with E-state index in [1.807, 2.05) is 0 Å². The largest absolute Gasteiger partial charge is 0.466 e. The highest BCUT2D eigenvalue weighted by Crippen LogP contribution is 2.27. The Balaban J connectivity index is 2.10. The second-order valence-electron chi connectivity index (χ2n) is 6.92. The van der Waals surface area contributed by atoms with Crippen LogP contribution in [0.1, 0.15) is 31.7 Å². The van der Waals surface area contributed by atoms with Crippen molar-refractivity contribution in [3.63, 3.8) is 0 Å². The van der Waals surface area contributed by atoms with Gasteiger partial charge in [0.15, 0.2) is 9.84 Å². The molecule has 2 rings (SSSR count). The molecule has 1 saturated heterocycles. The quantitative estimate of drug-likeness (QED) is 0.538. The Morgan fingerprint density at radius 1 is 1.21 bits per heavy atom. The molecule has 0 aromatic heterocycles. The summed E-state index contributed by atoms with van der Waals surface area (Å²) in [5.74, 6) is -1.21. The third kappa shape index (κ3) is 5.79. The molecule has 9 heteroatoms. The first-order valence-electron chi connectivity index (χ1n) is 9.08. The normalized spacial score (nSPS) is 19.9. The predicted octanol–water partition coefficient (Wildman–Crippen LogP) is 1.91. The van der Waals surface area contributed by atoms with Crippen LogP contribution in [-0.4, -0.2) is 61.7 Å². The lowest BCUT2D eigenvalue weighted by Gasteiger charge is -2.37. The average molecular weight is 411 g/mol. The van der Waals surface area contributed by atoms with E-state index in [-0.39, 0.29) is 30.3 Å². The number of esters is 1. The van der Waals surface area contributed by atoms with Crippen molar-refractivity contribution in [2.45, 2.75) is 43.5 Å².